The fraction of sp³-hybridized carbons (Fsp3) is 0.350. The molecule has 0 radical (unpaired) electrons. The zero-order valence-corrected chi connectivity index (χ0v) is 16.3. The number of nitrogens with zero attached hydrogens (tertiary/aromatic N) is 4. The molecule has 0 unspecified atom stereocenters. The SMILES string of the molecule is Cc1ccc(-c2noc(CN3CCN(C(=O)c4ccc(C)s4)CC3)n2)cc1. The van der Waals surface area contributed by atoms with E-state index in [0.717, 1.165) is 41.5 Å². The van der Waals surface area contributed by atoms with Crippen molar-refractivity contribution in [2.75, 3.05) is 26.2 Å². The normalized spacial score (nSPS) is 15.3. The van der Waals surface area contributed by atoms with Gasteiger partial charge in [-0.05, 0) is 26.0 Å². The van der Waals surface area contributed by atoms with E-state index in [1.807, 2.05) is 48.2 Å². The lowest BCUT2D eigenvalue weighted by Crippen LogP contribution is -2.48. The predicted octanol–water partition coefficient (Wildman–Crippen LogP) is 3.37. The third kappa shape index (κ3) is 4.09. The van der Waals surface area contributed by atoms with Crippen LogP contribution in [0.4, 0.5) is 0 Å². The Kier molecular flexibility index (Phi) is 5.05. The van der Waals surface area contributed by atoms with Crippen LogP contribution in [0.25, 0.3) is 11.4 Å². The monoisotopic (exact) mass is 382 g/mol. The number of piperazine rings is 1. The van der Waals surface area contributed by atoms with E-state index in [0.29, 0.717) is 18.3 Å². The largest absolute Gasteiger partial charge is 0.338 e. The van der Waals surface area contributed by atoms with Gasteiger partial charge >= 0.3 is 0 Å². The van der Waals surface area contributed by atoms with Crippen molar-refractivity contribution in [3.8, 4) is 11.4 Å². The predicted molar refractivity (Wildman–Crippen MR) is 105 cm³/mol. The summed E-state index contributed by atoms with van der Waals surface area (Å²) in [5.41, 5.74) is 2.16. The van der Waals surface area contributed by atoms with Crippen LogP contribution in [0.2, 0.25) is 0 Å². The Balaban J connectivity index is 1.33. The Labute approximate surface area is 162 Å². The quantitative estimate of drug-likeness (QED) is 0.692. The highest BCUT2D eigenvalue weighted by Crippen LogP contribution is 2.20. The molecule has 0 spiro atoms. The van der Waals surface area contributed by atoms with Crippen LogP contribution >= 0.6 is 11.3 Å². The van der Waals surface area contributed by atoms with Crippen LogP contribution < -0.4 is 0 Å². The minimum Gasteiger partial charge on any atom is -0.338 e. The van der Waals surface area contributed by atoms with Crippen LogP contribution in [0.5, 0.6) is 0 Å². The second kappa shape index (κ2) is 7.62. The van der Waals surface area contributed by atoms with Crippen molar-refractivity contribution in [3.05, 3.63) is 57.6 Å². The number of aromatic nitrogens is 2. The second-order valence-electron chi connectivity index (χ2n) is 6.86. The van der Waals surface area contributed by atoms with Crippen molar-refractivity contribution < 1.29 is 9.32 Å². The molecule has 2 aromatic heterocycles. The molecule has 1 aliphatic heterocycles. The van der Waals surface area contributed by atoms with E-state index in [9.17, 15) is 4.79 Å². The van der Waals surface area contributed by atoms with Crippen LogP contribution in [0.15, 0.2) is 40.9 Å². The fourth-order valence-corrected chi connectivity index (χ4v) is 3.98. The maximum absolute atomic E-state index is 12.5. The minimum atomic E-state index is 0.132. The zero-order chi connectivity index (χ0) is 18.8. The van der Waals surface area contributed by atoms with Gasteiger partial charge in [0.15, 0.2) is 0 Å². The van der Waals surface area contributed by atoms with Crippen molar-refractivity contribution in [2.24, 2.45) is 0 Å². The van der Waals surface area contributed by atoms with Crippen molar-refractivity contribution >= 4 is 17.2 Å². The maximum Gasteiger partial charge on any atom is 0.264 e. The molecule has 6 nitrogen and oxygen atoms in total. The van der Waals surface area contributed by atoms with Gasteiger partial charge in [0, 0.05) is 36.6 Å². The first-order chi connectivity index (χ1) is 13.1. The van der Waals surface area contributed by atoms with E-state index in [-0.39, 0.29) is 5.91 Å². The van der Waals surface area contributed by atoms with E-state index in [1.165, 1.54) is 5.56 Å². The second-order valence-corrected chi connectivity index (χ2v) is 8.14. The molecule has 0 bridgehead atoms. The number of amides is 1. The third-order valence-electron chi connectivity index (χ3n) is 4.75. The van der Waals surface area contributed by atoms with Gasteiger partial charge in [-0.15, -0.1) is 11.3 Å². The van der Waals surface area contributed by atoms with Crippen LogP contribution in [0.1, 0.15) is 26.0 Å². The van der Waals surface area contributed by atoms with E-state index >= 15 is 0 Å². The number of carbonyl (C=O) groups is 1. The molecule has 0 atom stereocenters. The Bertz CT molecular complexity index is 924. The molecule has 0 saturated carbocycles. The Hall–Kier alpha value is -2.51. The summed E-state index contributed by atoms with van der Waals surface area (Å²) in [6, 6.07) is 12.0. The summed E-state index contributed by atoms with van der Waals surface area (Å²) in [6.07, 6.45) is 0. The van der Waals surface area contributed by atoms with Crippen LogP contribution in [-0.4, -0.2) is 52.0 Å². The molecule has 7 heteroatoms. The topological polar surface area (TPSA) is 62.5 Å². The highest BCUT2D eigenvalue weighted by molar-refractivity contribution is 7.13. The van der Waals surface area contributed by atoms with Gasteiger partial charge < -0.3 is 9.42 Å². The molecule has 0 N–H and O–H groups in total. The Morgan fingerprint density at radius 1 is 1.07 bits per heavy atom. The minimum absolute atomic E-state index is 0.132. The highest BCUT2D eigenvalue weighted by Gasteiger charge is 2.24. The van der Waals surface area contributed by atoms with Crippen molar-refractivity contribution in [2.45, 2.75) is 20.4 Å². The summed E-state index contributed by atoms with van der Waals surface area (Å²) in [5, 5.41) is 4.09. The number of hydrogen-bond acceptors (Lipinski definition) is 6. The molecule has 1 fully saturated rings. The molecule has 140 valence electrons. The van der Waals surface area contributed by atoms with Crippen LogP contribution in [-0.2, 0) is 6.54 Å². The molecule has 27 heavy (non-hydrogen) atoms. The summed E-state index contributed by atoms with van der Waals surface area (Å²) in [4.78, 5) is 23.2. The molecule has 3 aromatic rings. The van der Waals surface area contributed by atoms with Crippen molar-refractivity contribution in [3.63, 3.8) is 0 Å². The van der Waals surface area contributed by atoms with Gasteiger partial charge in [0.2, 0.25) is 11.7 Å². The average molecular weight is 382 g/mol. The van der Waals surface area contributed by atoms with E-state index in [2.05, 4.69) is 22.0 Å². The lowest BCUT2D eigenvalue weighted by molar-refractivity contribution is 0.0620. The summed E-state index contributed by atoms with van der Waals surface area (Å²) in [7, 11) is 0. The number of carbonyl (C=O) groups excluding carboxylic acids is 1. The first-order valence-electron chi connectivity index (χ1n) is 9.06. The number of thiophene rings is 1. The lowest BCUT2D eigenvalue weighted by atomic mass is 10.1. The standard InChI is InChI=1S/C20H22N4O2S/c1-14-3-6-16(7-4-14)19-21-18(26-22-19)13-23-9-11-24(12-10-23)20(25)17-8-5-15(2)27-17/h3-8H,9-13H2,1-2H3. The Morgan fingerprint density at radius 3 is 2.48 bits per heavy atom. The van der Waals surface area contributed by atoms with Gasteiger partial charge in [-0.2, -0.15) is 4.98 Å². The van der Waals surface area contributed by atoms with Gasteiger partial charge in [-0.1, -0.05) is 35.0 Å². The fourth-order valence-electron chi connectivity index (χ4n) is 3.14. The highest BCUT2D eigenvalue weighted by atomic mass is 32.1. The zero-order valence-electron chi connectivity index (χ0n) is 15.5. The summed E-state index contributed by atoms with van der Waals surface area (Å²) >= 11 is 1.56. The van der Waals surface area contributed by atoms with Crippen molar-refractivity contribution in [1.29, 1.82) is 0 Å². The van der Waals surface area contributed by atoms with Crippen molar-refractivity contribution in [1.82, 2.24) is 19.9 Å². The number of aryl methyl sites for hydroxylation is 2. The number of hydrogen-bond donors (Lipinski definition) is 0. The maximum atomic E-state index is 12.5. The Morgan fingerprint density at radius 2 is 1.81 bits per heavy atom. The van der Waals surface area contributed by atoms with E-state index in [1.54, 1.807) is 11.3 Å². The molecule has 3 heterocycles. The van der Waals surface area contributed by atoms with Crippen LogP contribution in [0.3, 0.4) is 0 Å². The molecule has 1 aromatic carbocycles. The lowest BCUT2D eigenvalue weighted by Gasteiger charge is -2.33. The van der Waals surface area contributed by atoms with E-state index < -0.39 is 0 Å². The average Bonchev–Trinajstić information content (AvgIpc) is 3.32. The molecule has 4 rings (SSSR count). The van der Waals surface area contributed by atoms with Crippen LogP contribution in [0, 0.1) is 13.8 Å². The summed E-state index contributed by atoms with van der Waals surface area (Å²) in [5.74, 6) is 1.36. The number of rotatable bonds is 4. The van der Waals surface area contributed by atoms with Gasteiger partial charge in [0.05, 0.1) is 11.4 Å². The smallest absolute Gasteiger partial charge is 0.264 e. The summed E-state index contributed by atoms with van der Waals surface area (Å²) < 4.78 is 5.42. The molecule has 1 aliphatic rings. The molecular formula is C20H22N4O2S. The van der Waals surface area contributed by atoms with Gasteiger partial charge in [0.25, 0.3) is 5.91 Å². The molecule has 1 saturated heterocycles. The first kappa shape index (κ1) is 17.9. The molecule has 0 aliphatic carbocycles. The summed E-state index contributed by atoms with van der Waals surface area (Å²) in [6.45, 7) is 7.73. The van der Waals surface area contributed by atoms with Gasteiger partial charge in [0.1, 0.15) is 0 Å². The molecule has 1 amide bonds. The van der Waals surface area contributed by atoms with Gasteiger partial charge in [-0.3, -0.25) is 9.69 Å². The van der Waals surface area contributed by atoms with E-state index in [4.69, 9.17) is 4.52 Å². The first-order valence-corrected chi connectivity index (χ1v) is 9.88. The third-order valence-corrected chi connectivity index (χ3v) is 5.74. The molecular weight excluding hydrogens is 360 g/mol. The van der Waals surface area contributed by atoms with Gasteiger partial charge in [-0.25, -0.2) is 0 Å². The number of benzene rings is 1.